The van der Waals surface area contributed by atoms with Gasteiger partial charge in [0.05, 0.1) is 18.7 Å². The van der Waals surface area contributed by atoms with Gasteiger partial charge in [-0.2, -0.15) is 0 Å². The van der Waals surface area contributed by atoms with Crippen molar-refractivity contribution >= 4 is 17.9 Å². The number of aldehydes is 1. The van der Waals surface area contributed by atoms with Crippen molar-refractivity contribution in [1.82, 2.24) is 0 Å². The molecule has 1 aliphatic rings. The number of benzene rings is 1. The number of morpholine rings is 1. The van der Waals surface area contributed by atoms with Crippen molar-refractivity contribution in [2.45, 2.75) is 32.5 Å². The lowest BCUT2D eigenvalue weighted by Gasteiger charge is -2.32. The predicted octanol–water partition coefficient (Wildman–Crippen LogP) is 1.61. The Hall–Kier alpha value is -1.10. The average molecular weight is 313 g/mol. The van der Waals surface area contributed by atoms with Crippen LogP contribution in [0.2, 0.25) is 5.02 Å². The van der Waals surface area contributed by atoms with Crippen molar-refractivity contribution < 1.29 is 19.2 Å². The van der Waals surface area contributed by atoms with Gasteiger partial charge in [-0.25, -0.2) is 0 Å². The highest BCUT2D eigenvalue weighted by Gasteiger charge is 2.24. The first kappa shape index (κ1) is 16.3. The first-order valence-corrected chi connectivity index (χ1v) is 7.83. The number of hydrogen-bond acceptors (Lipinski definition) is 3. The number of hydrogen-bond donors (Lipinski definition) is 1. The van der Waals surface area contributed by atoms with Crippen LogP contribution >= 0.6 is 11.6 Å². The molecule has 1 aliphatic heterocycles. The van der Waals surface area contributed by atoms with Gasteiger partial charge >= 0.3 is 0 Å². The minimum atomic E-state index is 0.322. The molecule has 5 heteroatoms. The Labute approximate surface area is 131 Å². The van der Waals surface area contributed by atoms with E-state index in [4.69, 9.17) is 21.1 Å². The highest BCUT2D eigenvalue weighted by atomic mass is 35.5. The number of nitrogens with one attached hydrogen (secondary N) is 1. The molecule has 1 heterocycles. The second-order valence-electron chi connectivity index (χ2n) is 5.67. The number of quaternary nitrogens is 1. The lowest BCUT2D eigenvalue weighted by atomic mass is 10.2. The molecule has 21 heavy (non-hydrogen) atoms. The topological polar surface area (TPSA) is 40.0 Å². The molecule has 0 saturated carbocycles. The molecule has 2 rings (SSSR count). The van der Waals surface area contributed by atoms with Crippen LogP contribution in [0.15, 0.2) is 18.2 Å². The van der Waals surface area contributed by atoms with Crippen LogP contribution in [0, 0.1) is 0 Å². The molecule has 2 atom stereocenters. The fourth-order valence-corrected chi connectivity index (χ4v) is 3.02. The molecule has 116 valence electrons. The standard InChI is InChI=1S/C16H22ClNO3/c1-12-9-18(10-13(2)21-12)6-3-7-20-16-5-4-15(17)8-14(16)11-19/h4-5,8,11-13H,3,6-7,9-10H2,1-2H3/p+1/t12-,13-/m0/s1. The maximum Gasteiger partial charge on any atom is 0.153 e. The number of carbonyl (C=O) groups excluding carboxylic acids is 1. The molecule has 0 spiro atoms. The van der Waals surface area contributed by atoms with E-state index in [0.717, 1.165) is 32.3 Å². The van der Waals surface area contributed by atoms with Gasteiger partial charge in [-0.1, -0.05) is 11.6 Å². The molecule has 1 aromatic carbocycles. The van der Waals surface area contributed by atoms with Crippen LogP contribution in [-0.2, 0) is 4.74 Å². The van der Waals surface area contributed by atoms with Crippen LogP contribution in [-0.4, -0.2) is 44.7 Å². The highest BCUT2D eigenvalue weighted by molar-refractivity contribution is 6.30. The molecule has 1 saturated heterocycles. The SMILES string of the molecule is C[C@H]1C[NH+](CCCOc2ccc(Cl)cc2C=O)C[C@H](C)O1. The van der Waals surface area contributed by atoms with Crippen molar-refractivity contribution in [1.29, 1.82) is 0 Å². The summed E-state index contributed by atoms with van der Waals surface area (Å²) >= 11 is 5.86. The zero-order valence-electron chi connectivity index (χ0n) is 12.6. The molecule has 0 amide bonds. The minimum Gasteiger partial charge on any atom is -0.493 e. The quantitative estimate of drug-likeness (QED) is 0.641. The highest BCUT2D eigenvalue weighted by Crippen LogP contribution is 2.21. The summed E-state index contributed by atoms with van der Waals surface area (Å²) in [5.74, 6) is 0.605. The molecule has 1 aromatic rings. The van der Waals surface area contributed by atoms with E-state index < -0.39 is 0 Å². The second-order valence-corrected chi connectivity index (χ2v) is 6.10. The zero-order chi connectivity index (χ0) is 15.2. The molecular formula is C16H23ClNO3+. The van der Waals surface area contributed by atoms with E-state index in [1.807, 2.05) is 0 Å². The fourth-order valence-electron chi connectivity index (χ4n) is 2.84. The molecule has 0 aliphatic carbocycles. The van der Waals surface area contributed by atoms with Gasteiger partial charge < -0.3 is 14.4 Å². The van der Waals surface area contributed by atoms with E-state index in [1.165, 1.54) is 0 Å². The average Bonchev–Trinajstić information content (AvgIpc) is 2.43. The summed E-state index contributed by atoms with van der Waals surface area (Å²) in [7, 11) is 0. The van der Waals surface area contributed by atoms with Gasteiger partial charge in [-0.15, -0.1) is 0 Å². The van der Waals surface area contributed by atoms with Crippen molar-refractivity contribution in [3.63, 3.8) is 0 Å². The third-order valence-corrected chi connectivity index (χ3v) is 3.88. The normalized spacial score (nSPS) is 25.6. The molecule has 1 N–H and O–H groups in total. The van der Waals surface area contributed by atoms with Gasteiger partial charge in [0, 0.05) is 11.4 Å². The van der Waals surface area contributed by atoms with Gasteiger partial charge in [0.1, 0.15) is 31.0 Å². The smallest absolute Gasteiger partial charge is 0.153 e. The Morgan fingerprint density at radius 2 is 2.10 bits per heavy atom. The molecule has 0 bridgehead atoms. The number of halogens is 1. The second kappa shape index (κ2) is 7.78. The first-order chi connectivity index (χ1) is 10.1. The van der Waals surface area contributed by atoms with Crippen molar-refractivity contribution in [2.75, 3.05) is 26.2 Å². The summed E-state index contributed by atoms with van der Waals surface area (Å²) in [5, 5.41) is 0.546. The third kappa shape index (κ3) is 4.99. The Bertz CT molecular complexity index is 471. The summed E-state index contributed by atoms with van der Waals surface area (Å²) in [6.07, 6.45) is 2.37. The summed E-state index contributed by atoms with van der Waals surface area (Å²) in [6, 6.07) is 5.11. The molecule has 0 radical (unpaired) electrons. The van der Waals surface area contributed by atoms with Crippen molar-refractivity contribution in [3.05, 3.63) is 28.8 Å². The van der Waals surface area contributed by atoms with E-state index in [1.54, 1.807) is 23.1 Å². The first-order valence-electron chi connectivity index (χ1n) is 7.45. The number of ether oxygens (including phenoxy) is 2. The van der Waals surface area contributed by atoms with Crippen LogP contribution in [0.1, 0.15) is 30.6 Å². The van der Waals surface area contributed by atoms with Gasteiger partial charge in [-0.3, -0.25) is 4.79 Å². The van der Waals surface area contributed by atoms with Crippen LogP contribution < -0.4 is 9.64 Å². The maximum atomic E-state index is 11.0. The molecule has 1 fully saturated rings. The summed E-state index contributed by atoms with van der Waals surface area (Å²) in [6.45, 7) is 8.00. The summed E-state index contributed by atoms with van der Waals surface area (Å²) in [5.41, 5.74) is 0.503. The lowest BCUT2D eigenvalue weighted by Crippen LogP contribution is -3.15. The fraction of sp³-hybridized carbons (Fsp3) is 0.562. The van der Waals surface area contributed by atoms with E-state index in [9.17, 15) is 4.79 Å². The van der Waals surface area contributed by atoms with Gasteiger partial charge in [0.25, 0.3) is 0 Å². The Kier molecular flexibility index (Phi) is 6.03. The Morgan fingerprint density at radius 1 is 1.38 bits per heavy atom. The van der Waals surface area contributed by atoms with Crippen LogP contribution in [0.25, 0.3) is 0 Å². The van der Waals surface area contributed by atoms with E-state index >= 15 is 0 Å². The van der Waals surface area contributed by atoms with Crippen molar-refractivity contribution in [2.24, 2.45) is 0 Å². The zero-order valence-corrected chi connectivity index (χ0v) is 13.4. The lowest BCUT2D eigenvalue weighted by molar-refractivity contribution is -0.915. The van der Waals surface area contributed by atoms with E-state index in [2.05, 4.69) is 13.8 Å². The van der Waals surface area contributed by atoms with Crippen LogP contribution in [0.4, 0.5) is 0 Å². The van der Waals surface area contributed by atoms with Crippen LogP contribution in [0.5, 0.6) is 5.75 Å². The van der Waals surface area contributed by atoms with Gasteiger partial charge in [0.15, 0.2) is 6.29 Å². The molecular weight excluding hydrogens is 290 g/mol. The van der Waals surface area contributed by atoms with Crippen molar-refractivity contribution in [3.8, 4) is 5.75 Å². The molecule has 0 unspecified atom stereocenters. The Morgan fingerprint density at radius 3 is 2.76 bits per heavy atom. The third-order valence-electron chi connectivity index (χ3n) is 3.65. The predicted molar refractivity (Wildman–Crippen MR) is 82.5 cm³/mol. The van der Waals surface area contributed by atoms with E-state index in [-0.39, 0.29) is 0 Å². The molecule has 0 aromatic heterocycles. The Balaban J connectivity index is 1.76. The minimum absolute atomic E-state index is 0.322. The largest absolute Gasteiger partial charge is 0.493 e. The number of carbonyl (C=O) groups is 1. The summed E-state index contributed by atoms with van der Waals surface area (Å²) < 4.78 is 11.4. The number of rotatable bonds is 6. The van der Waals surface area contributed by atoms with Gasteiger partial charge in [0.2, 0.25) is 0 Å². The van der Waals surface area contributed by atoms with E-state index in [0.29, 0.717) is 35.2 Å². The van der Waals surface area contributed by atoms with Gasteiger partial charge in [-0.05, 0) is 32.0 Å². The molecule has 4 nitrogen and oxygen atoms in total. The maximum absolute atomic E-state index is 11.0. The van der Waals surface area contributed by atoms with Crippen LogP contribution in [0.3, 0.4) is 0 Å². The summed E-state index contributed by atoms with van der Waals surface area (Å²) in [4.78, 5) is 12.5. The monoisotopic (exact) mass is 312 g/mol.